The van der Waals surface area contributed by atoms with Gasteiger partial charge in [-0.1, -0.05) is 25.4 Å². The maximum atomic E-state index is 5.96. The first-order valence-corrected chi connectivity index (χ1v) is 5.02. The van der Waals surface area contributed by atoms with Gasteiger partial charge >= 0.3 is 0 Å². The van der Waals surface area contributed by atoms with E-state index in [0.717, 1.165) is 16.6 Å². The molecule has 0 N–H and O–H groups in total. The normalized spacial score (nSPS) is 9.43. The number of rotatable bonds is 0. The van der Waals surface area contributed by atoms with Gasteiger partial charge in [0.15, 0.2) is 0 Å². The molecule has 0 amide bonds. The Kier molecular flexibility index (Phi) is 3.84. The highest BCUT2D eigenvalue weighted by Crippen LogP contribution is 2.20. The molecule has 3 heteroatoms. The molecule has 2 nitrogen and oxygen atoms in total. The van der Waals surface area contributed by atoms with Gasteiger partial charge in [0, 0.05) is 12.4 Å². The fourth-order valence-electron chi connectivity index (χ4n) is 1.16. The number of hydrogen-bond donors (Lipinski definition) is 0. The van der Waals surface area contributed by atoms with E-state index in [-0.39, 0.29) is 0 Å². The van der Waals surface area contributed by atoms with E-state index < -0.39 is 0 Å². The van der Waals surface area contributed by atoms with Gasteiger partial charge in [0.1, 0.15) is 5.52 Å². The number of fused-ring (bicyclic) bond motifs is 1. The highest BCUT2D eigenvalue weighted by atomic mass is 35.5. The third-order valence-corrected chi connectivity index (χ3v) is 1.96. The van der Waals surface area contributed by atoms with Crippen molar-refractivity contribution in [3.05, 3.63) is 35.1 Å². The SMILES string of the molecule is CC.Cc1cc(Cl)c2nccnc2c1. The third kappa shape index (κ3) is 2.20. The van der Waals surface area contributed by atoms with Crippen molar-refractivity contribution < 1.29 is 0 Å². The molecular weight excluding hydrogens is 196 g/mol. The molecule has 0 aliphatic rings. The van der Waals surface area contributed by atoms with E-state index in [2.05, 4.69) is 9.97 Å². The Morgan fingerprint density at radius 3 is 2.43 bits per heavy atom. The predicted octanol–water partition coefficient (Wildman–Crippen LogP) is 3.62. The van der Waals surface area contributed by atoms with Gasteiger partial charge in [0.2, 0.25) is 0 Å². The van der Waals surface area contributed by atoms with Crippen molar-refractivity contribution in [1.82, 2.24) is 9.97 Å². The Morgan fingerprint density at radius 2 is 1.71 bits per heavy atom. The molecule has 74 valence electrons. The van der Waals surface area contributed by atoms with E-state index >= 15 is 0 Å². The van der Waals surface area contributed by atoms with E-state index in [1.54, 1.807) is 12.4 Å². The average Bonchev–Trinajstić information content (AvgIpc) is 2.20. The molecule has 0 spiro atoms. The fourth-order valence-corrected chi connectivity index (χ4v) is 1.48. The zero-order valence-corrected chi connectivity index (χ0v) is 9.34. The van der Waals surface area contributed by atoms with Gasteiger partial charge in [0.25, 0.3) is 0 Å². The molecule has 1 aromatic carbocycles. The lowest BCUT2D eigenvalue weighted by Gasteiger charge is -1.99. The Labute approximate surface area is 89.0 Å². The monoisotopic (exact) mass is 208 g/mol. The summed E-state index contributed by atoms with van der Waals surface area (Å²) in [5, 5.41) is 0.665. The minimum absolute atomic E-state index is 0.665. The molecule has 0 radical (unpaired) electrons. The smallest absolute Gasteiger partial charge is 0.107 e. The van der Waals surface area contributed by atoms with E-state index in [1.807, 2.05) is 32.9 Å². The highest BCUT2D eigenvalue weighted by molar-refractivity contribution is 6.34. The van der Waals surface area contributed by atoms with E-state index in [0.29, 0.717) is 5.02 Å². The molecule has 0 saturated carbocycles. The molecule has 0 fully saturated rings. The summed E-state index contributed by atoms with van der Waals surface area (Å²) >= 11 is 5.96. The Balaban J connectivity index is 0.000000461. The molecule has 1 heterocycles. The molecule has 2 aromatic rings. The maximum absolute atomic E-state index is 5.96. The second kappa shape index (κ2) is 4.91. The van der Waals surface area contributed by atoms with Crippen LogP contribution >= 0.6 is 11.6 Å². The first-order chi connectivity index (χ1) is 6.77. The average molecular weight is 209 g/mol. The van der Waals surface area contributed by atoms with Gasteiger partial charge in [-0.2, -0.15) is 0 Å². The predicted molar refractivity (Wildman–Crippen MR) is 60.6 cm³/mol. The lowest BCUT2D eigenvalue weighted by atomic mass is 10.2. The number of nitrogens with zero attached hydrogens (tertiary/aromatic N) is 2. The van der Waals surface area contributed by atoms with Gasteiger partial charge in [-0.05, 0) is 24.6 Å². The minimum Gasteiger partial charge on any atom is -0.253 e. The van der Waals surface area contributed by atoms with Crippen molar-refractivity contribution >= 4 is 22.6 Å². The Bertz CT molecular complexity index is 427. The van der Waals surface area contributed by atoms with Crippen LogP contribution in [-0.4, -0.2) is 9.97 Å². The second-order valence-electron chi connectivity index (χ2n) is 2.67. The van der Waals surface area contributed by atoms with Crippen molar-refractivity contribution in [2.24, 2.45) is 0 Å². The molecular formula is C11H13ClN2. The quantitative estimate of drug-likeness (QED) is 0.661. The topological polar surface area (TPSA) is 25.8 Å². The molecule has 0 aliphatic heterocycles. The summed E-state index contributed by atoms with van der Waals surface area (Å²) in [6.45, 7) is 5.99. The van der Waals surface area contributed by atoms with E-state index in [1.165, 1.54) is 0 Å². The molecule has 1 aromatic heterocycles. The molecule has 0 atom stereocenters. The lowest BCUT2D eigenvalue weighted by molar-refractivity contribution is 1.28. The Hall–Kier alpha value is -1.15. The van der Waals surface area contributed by atoms with Gasteiger partial charge in [-0.15, -0.1) is 0 Å². The lowest BCUT2D eigenvalue weighted by Crippen LogP contribution is -1.84. The van der Waals surface area contributed by atoms with Crippen LogP contribution in [0.5, 0.6) is 0 Å². The zero-order valence-electron chi connectivity index (χ0n) is 8.58. The minimum atomic E-state index is 0.665. The zero-order chi connectivity index (χ0) is 10.6. The van der Waals surface area contributed by atoms with Crippen LogP contribution in [0.1, 0.15) is 19.4 Å². The van der Waals surface area contributed by atoms with Crippen LogP contribution in [0.15, 0.2) is 24.5 Å². The largest absolute Gasteiger partial charge is 0.253 e. The van der Waals surface area contributed by atoms with Crippen molar-refractivity contribution in [2.45, 2.75) is 20.8 Å². The van der Waals surface area contributed by atoms with Crippen LogP contribution < -0.4 is 0 Å². The highest BCUT2D eigenvalue weighted by Gasteiger charge is 2.00. The first-order valence-electron chi connectivity index (χ1n) is 4.64. The fraction of sp³-hybridized carbons (Fsp3) is 0.273. The van der Waals surface area contributed by atoms with Gasteiger partial charge in [-0.3, -0.25) is 9.97 Å². The van der Waals surface area contributed by atoms with Gasteiger partial charge in [0.05, 0.1) is 10.5 Å². The van der Waals surface area contributed by atoms with Crippen molar-refractivity contribution in [3.8, 4) is 0 Å². The molecule has 0 aliphatic carbocycles. The first kappa shape index (κ1) is 10.9. The van der Waals surface area contributed by atoms with Crippen LogP contribution in [0.25, 0.3) is 11.0 Å². The summed E-state index contributed by atoms with van der Waals surface area (Å²) in [5.41, 5.74) is 2.72. The van der Waals surface area contributed by atoms with Gasteiger partial charge in [-0.25, -0.2) is 0 Å². The maximum Gasteiger partial charge on any atom is 0.107 e. The molecule has 0 unspecified atom stereocenters. The summed E-state index contributed by atoms with van der Waals surface area (Å²) in [5.74, 6) is 0. The summed E-state index contributed by atoms with van der Waals surface area (Å²) in [7, 11) is 0. The van der Waals surface area contributed by atoms with E-state index in [4.69, 9.17) is 11.6 Å². The van der Waals surface area contributed by atoms with Gasteiger partial charge < -0.3 is 0 Å². The molecule has 0 bridgehead atoms. The van der Waals surface area contributed by atoms with Crippen molar-refractivity contribution in [3.63, 3.8) is 0 Å². The van der Waals surface area contributed by atoms with Crippen LogP contribution in [0.2, 0.25) is 5.02 Å². The number of hydrogen-bond acceptors (Lipinski definition) is 2. The standard InChI is InChI=1S/C9H7ClN2.C2H6/c1-6-4-7(10)9-8(5-6)11-2-3-12-9;1-2/h2-5H,1H3;1-2H3. The van der Waals surface area contributed by atoms with Crippen LogP contribution in [0.3, 0.4) is 0 Å². The molecule has 0 saturated heterocycles. The van der Waals surface area contributed by atoms with Crippen LogP contribution in [0.4, 0.5) is 0 Å². The second-order valence-corrected chi connectivity index (χ2v) is 3.08. The number of aromatic nitrogens is 2. The molecule has 2 rings (SSSR count). The number of benzene rings is 1. The van der Waals surface area contributed by atoms with Crippen molar-refractivity contribution in [1.29, 1.82) is 0 Å². The van der Waals surface area contributed by atoms with Crippen LogP contribution in [0, 0.1) is 6.92 Å². The summed E-state index contributed by atoms with van der Waals surface area (Å²) in [6.07, 6.45) is 3.31. The summed E-state index contributed by atoms with van der Waals surface area (Å²) < 4.78 is 0. The van der Waals surface area contributed by atoms with E-state index in [9.17, 15) is 0 Å². The Morgan fingerprint density at radius 1 is 1.07 bits per heavy atom. The number of halogens is 1. The summed E-state index contributed by atoms with van der Waals surface area (Å²) in [4.78, 5) is 8.28. The van der Waals surface area contributed by atoms with Crippen molar-refractivity contribution in [2.75, 3.05) is 0 Å². The van der Waals surface area contributed by atoms with Crippen LogP contribution in [-0.2, 0) is 0 Å². The molecule has 14 heavy (non-hydrogen) atoms. The summed E-state index contributed by atoms with van der Waals surface area (Å²) in [6, 6.07) is 3.85. The number of aryl methyl sites for hydroxylation is 1. The third-order valence-electron chi connectivity index (χ3n) is 1.67.